The maximum absolute atomic E-state index is 11.3. The van der Waals surface area contributed by atoms with E-state index >= 15 is 0 Å². The maximum Gasteiger partial charge on any atom is 0.203 e. The van der Waals surface area contributed by atoms with Crippen LogP contribution in [0.5, 0.6) is 0 Å². The molecular formula is C12H23N3O3S. The molecule has 1 N–H and O–H groups in total. The van der Waals surface area contributed by atoms with Gasteiger partial charge in [0.05, 0.1) is 24.1 Å². The van der Waals surface area contributed by atoms with Crippen LogP contribution in [0.2, 0.25) is 0 Å². The Labute approximate surface area is 115 Å². The second-order valence-electron chi connectivity index (χ2n) is 5.06. The van der Waals surface area contributed by atoms with Crippen LogP contribution in [-0.4, -0.2) is 49.7 Å². The van der Waals surface area contributed by atoms with Gasteiger partial charge in [0.2, 0.25) is 5.95 Å². The van der Waals surface area contributed by atoms with Crippen LogP contribution in [0.1, 0.15) is 25.6 Å². The smallest absolute Gasteiger partial charge is 0.203 e. The largest absolute Gasteiger partial charge is 0.383 e. The molecule has 2 unspecified atom stereocenters. The van der Waals surface area contributed by atoms with E-state index in [4.69, 9.17) is 4.74 Å². The molecular weight excluding hydrogens is 266 g/mol. The molecule has 0 spiro atoms. The lowest BCUT2D eigenvalue weighted by molar-refractivity contribution is 0.163. The van der Waals surface area contributed by atoms with Gasteiger partial charge in [-0.05, 0) is 20.8 Å². The number of ether oxygens (including phenoxy) is 1. The Bertz CT molecular complexity index is 510. The van der Waals surface area contributed by atoms with Gasteiger partial charge in [-0.3, -0.25) is 0 Å². The molecule has 1 aromatic rings. The van der Waals surface area contributed by atoms with E-state index in [1.54, 1.807) is 7.11 Å². The first kappa shape index (κ1) is 16.0. The van der Waals surface area contributed by atoms with Crippen LogP contribution in [0.3, 0.4) is 0 Å². The Hall–Kier alpha value is -1.08. The van der Waals surface area contributed by atoms with Gasteiger partial charge < -0.3 is 14.6 Å². The van der Waals surface area contributed by atoms with E-state index in [0.717, 1.165) is 5.69 Å². The van der Waals surface area contributed by atoms with E-state index in [1.165, 1.54) is 6.26 Å². The number of rotatable bonds is 7. The molecule has 1 heterocycles. The lowest BCUT2D eigenvalue weighted by Gasteiger charge is -2.19. The molecule has 0 saturated carbocycles. The summed E-state index contributed by atoms with van der Waals surface area (Å²) in [5, 5.41) is 3.14. The van der Waals surface area contributed by atoms with Crippen molar-refractivity contribution >= 4 is 15.8 Å². The Morgan fingerprint density at radius 3 is 2.63 bits per heavy atom. The van der Waals surface area contributed by atoms with Crippen molar-refractivity contribution in [3.05, 3.63) is 11.9 Å². The van der Waals surface area contributed by atoms with Gasteiger partial charge in [-0.1, -0.05) is 0 Å². The van der Waals surface area contributed by atoms with Crippen molar-refractivity contribution in [3.8, 4) is 0 Å². The van der Waals surface area contributed by atoms with Crippen molar-refractivity contribution in [1.29, 1.82) is 0 Å². The Morgan fingerprint density at radius 2 is 2.11 bits per heavy atom. The first-order chi connectivity index (χ1) is 8.73. The van der Waals surface area contributed by atoms with Gasteiger partial charge in [-0.2, -0.15) is 0 Å². The predicted octanol–water partition coefficient (Wildman–Crippen LogP) is 1.24. The quantitative estimate of drug-likeness (QED) is 0.817. The summed E-state index contributed by atoms with van der Waals surface area (Å²) in [6, 6.07) is -0.0515. The van der Waals surface area contributed by atoms with Crippen LogP contribution in [0.25, 0.3) is 0 Å². The molecule has 0 aliphatic heterocycles. The van der Waals surface area contributed by atoms with Crippen molar-refractivity contribution in [3.63, 3.8) is 0 Å². The average Bonchev–Trinajstić information content (AvgIpc) is 2.56. The predicted molar refractivity (Wildman–Crippen MR) is 76.3 cm³/mol. The molecule has 1 aromatic heterocycles. The standard InChI is InChI=1S/C12H23N3O3S/c1-9-6-15(11(3)7-18-4)12(13-9)14-10(2)8-19(5,16)17/h6,10-11H,7-8H2,1-5H3,(H,13,14). The number of sulfone groups is 1. The van der Waals surface area contributed by atoms with E-state index in [2.05, 4.69) is 10.3 Å². The highest BCUT2D eigenvalue weighted by atomic mass is 32.2. The molecule has 0 fully saturated rings. The molecule has 0 bridgehead atoms. The summed E-state index contributed by atoms with van der Waals surface area (Å²) in [6.07, 6.45) is 3.16. The number of hydrogen-bond acceptors (Lipinski definition) is 5. The van der Waals surface area contributed by atoms with E-state index < -0.39 is 9.84 Å². The fourth-order valence-corrected chi connectivity index (χ4v) is 2.99. The van der Waals surface area contributed by atoms with Gasteiger partial charge >= 0.3 is 0 Å². The Morgan fingerprint density at radius 1 is 1.47 bits per heavy atom. The van der Waals surface area contributed by atoms with Gasteiger partial charge in [0.25, 0.3) is 0 Å². The molecule has 0 amide bonds. The fraction of sp³-hybridized carbons (Fsp3) is 0.750. The van der Waals surface area contributed by atoms with Crippen LogP contribution in [0, 0.1) is 6.92 Å². The minimum Gasteiger partial charge on any atom is -0.383 e. The highest BCUT2D eigenvalue weighted by molar-refractivity contribution is 7.90. The molecule has 0 aliphatic rings. The summed E-state index contributed by atoms with van der Waals surface area (Å²) >= 11 is 0. The van der Waals surface area contributed by atoms with Gasteiger partial charge in [-0.25, -0.2) is 13.4 Å². The lowest BCUT2D eigenvalue weighted by Crippen LogP contribution is -2.27. The van der Waals surface area contributed by atoms with E-state index in [-0.39, 0.29) is 17.8 Å². The molecule has 110 valence electrons. The Kier molecular flexibility index (Phi) is 5.37. The molecule has 0 aromatic carbocycles. The van der Waals surface area contributed by atoms with Gasteiger partial charge in [-0.15, -0.1) is 0 Å². The summed E-state index contributed by atoms with van der Waals surface area (Å²) in [4.78, 5) is 4.39. The van der Waals surface area contributed by atoms with Crippen LogP contribution >= 0.6 is 0 Å². The topological polar surface area (TPSA) is 73.2 Å². The number of methoxy groups -OCH3 is 1. The molecule has 0 saturated heterocycles. The van der Waals surface area contributed by atoms with E-state index in [9.17, 15) is 8.42 Å². The van der Waals surface area contributed by atoms with Crippen LogP contribution in [0.4, 0.5) is 5.95 Å². The van der Waals surface area contributed by atoms with Crippen molar-refractivity contribution in [2.24, 2.45) is 0 Å². The van der Waals surface area contributed by atoms with E-state index in [0.29, 0.717) is 12.6 Å². The summed E-state index contributed by atoms with van der Waals surface area (Å²) in [5.41, 5.74) is 0.886. The maximum atomic E-state index is 11.3. The first-order valence-electron chi connectivity index (χ1n) is 6.21. The summed E-state index contributed by atoms with van der Waals surface area (Å²) in [5.74, 6) is 0.760. The van der Waals surface area contributed by atoms with Crippen molar-refractivity contribution in [2.45, 2.75) is 32.9 Å². The minimum absolute atomic E-state index is 0.0809. The van der Waals surface area contributed by atoms with Crippen LogP contribution in [0.15, 0.2) is 6.20 Å². The molecule has 2 atom stereocenters. The van der Waals surface area contributed by atoms with Crippen molar-refractivity contribution < 1.29 is 13.2 Å². The Balaban J connectivity index is 2.83. The number of nitrogens with zero attached hydrogens (tertiary/aromatic N) is 2. The van der Waals surface area contributed by atoms with Crippen molar-refractivity contribution in [2.75, 3.05) is 31.0 Å². The van der Waals surface area contributed by atoms with Gasteiger partial charge in [0.1, 0.15) is 9.84 Å². The first-order valence-corrected chi connectivity index (χ1v) is 8.27. The highest BCUT2D eigenvalue weighted by Gasteiger charge is 2.16. The van der Waals surface area contributed by atoms with Gasteiger partial charge in [0.15, 0.2) is 0 Å². The monoisotopic (exact) mass is 289 g/mol. The van der Waals surface area contributed by atoms with Crippen LogP contribution in [-0.2, 0) is 14.6 Å². The SMILES string of the molecule is COCC(C)n1cc(C)nc1NC(C)CS(C)(=O)=O. The molecule has 7 heteroatoms. The van der Waals surface area contributed by atoms with Gasteiger partial charge in [0, 0.05) is 25.6 Å². The average molecular weight is 289 g/mol. The molecule has 0 aliphatic carbocycles. The third-order valence-corrected chi connectivity index (χ3v) is 3.77. The van der Waals surface area contributed by atoms with E-state index in [1.807, 2.05) is 31.5 Å². The highest BCUT2D eigenvalue weighted by Crippen LogP contribution is 2.17. The van der Waals surface area contributed by atoms with Crippen LogP contribution < -0.4 is 5.32 Å². The number of aryl methyl sites for hydroxylation is 1. The summed E-state index contributed by atoms with van der Waals surface area (Å²) < 4.78 is 29.6. The lowest BCUT2D eigenvalue weighted by atomic mass is 10.3. The molecule has 0 radical (unpaired) electrons. The fourth-order valence-electron chi connectivity index (χ4n) is 2.00. The third kappa shape index (κ3) is 5.20. The normalized spacial score (nSPS) is 15.2. The number of aromatic nitrogens is 2. The summed E-state index contributed by atoms with van der Waals surface area (Å²) in [6.45, 7) is 6.33. The van der Waals surface area contributed by atoms with Crippen molar-refractivity contribution in [1.82, 2.24) is 9.55 Å². The summed E-state index contributed by atoms with van der Waals surface area (Å²) in [7, 11) is -1.35. The molecule has 19 heavy (non-hydrogen) atoms. The number of anilines is 1. The molecule has 1 rings (SSSR count). The third-order valence-electron chi connectivity index (χ3n) is 2.66. The number of nitrogens with one attached hydrogen (secondary N) is 1. The minimum atomic E-state index is -3.00. The molecule has 6 nitrogen and oxygen atoms in total. The number of imidazole rings is 1. The zero-order chi connectivity index (χ0) is 14.6. The zero-order valence-corrected chi connectivity index (χ0v) is 13.0. The second-order valence-corrected chi connectivity index (χ2v) is 7.24. The second kappa shape index (κ2) is 6.38. The number of hydrogen-bond donors (Lipinski definition) is 1. The zero-order valence-electron chi connectivity index (χ0n) is 12.2.